The molecule has 0 atom stereocenters. The Balaban J connectivity index is 1.60. The molecule has 2 heterocycles. The van der Waals surface area contributed by atoms with Crippen LogP contribution in [0.4, 0.5) is 0 Å². The quantitative estimate of drug-likeness (QED) is 0.864. The van der Waals surface area contributed by atoms with Gasteiger partial charge in [-0.2, -0.15) is 0 Å². The van der Waals surface area contributed by atoms with Gasteiger partial charge in [-0.3, -0.25) is 4.79 Å². The number of hydrogen-bond acceptors (Lipinski definition) is 3. The third-order valence-electron chi connectivity index (χ3n) is 3.55. The molecule has 108 valence electrons. The maximum Gasteiger partial charge on any atom is 0.276 e. The van der Waals surface area contributed by atoms with Crippen LogP contribution in [-0.2, 0) is 6.54 Å². The summed E-state index contributed by atoms with van der Waals surface area (Å²) in [4.78, 5) is 14.0. The van der Waals surface area contributed by atoms with Crippen LogP contribution in [0.5, 0.6) is 0 Å². The van der Waals surface area contributed by atoms with E-state index >= 15 is 0 Å². The van der Waals surface area contributed by atoms with E-state index in [0.717, 1.165) is 31.5 Å². The van der Waals surface area contributed by atoms with Crippen molar-refractivity contribution in [3.63, 3.8) is 0 Å². The van der Waals surface area contributed by atoms with Gasteiger partial charge in [-0.15, -0.1) is 5.10 Å². The highest BCUT2D eigenvalue weighted by Gasteiger charge is 2.21. The van der Waals surface area contributed by atoms with Gasteiger partial charge < -0.3 is 4.90 Å². The third-order valence-corrected chi connectivity index (χ3v) is 3.55. The van der Waals surface area contributed by atoms with Gasteiger partial charge in [0, 0.05) is 13.1 Å². The first-order chi connectivity index (χ1) is 10.3. The monoisotopic (exact) mass is 282 g/mol. The van der Waals surface area contributed by atoms with Crippen molar-refractivity contribution >= 4 is 12.0 Å². The van der Waals surface area contributed by atoms with Crippen molar-refractivity contribution in [3.8, 4) is 0 Å². The van der Waals surface area contributed by atoms with Crippen LogP contribution in [0.1, 0.15) is 28.9 Å². The zero-order valence-corrected chi connectivity index (χ0v) is 11.9. The first kappa shape index (κ1) is 13.5. The van der Waals surface area contributed by atoms with Gasteiger partial charge in [-0.25, -0.2) is 4.68 Å². The van der Waals surface area contributed by atoms with Gasteiger partial charge >= 0.3 is 0 Å². The maximum atomic E-state index is 12.1. The maximum absolute atomic E-state index is 12.1. The van der Waals surface area contributed by atoms with Gasteiger partial charge in [0.05, 0.1) is 12.7 Å². The Bertz CT molecular complexity index is 627. The van der Waals surface area contributed by atoms with Gasteiger partial charge in [0.25, 0.3) is 5.91 Å². The molecule has 3 rings (SSSR count). The second-order valence-corrected chi connectivity index (χ2v) is 5.14. The highest BCUT2D eigenvalue weighted by Crippen LogP contribution is 2.11. The Morgan fingerprint density at radius 3 is 2.71 bits per heavy atom. The van der Waals surface area contributed by atoms with Crippen molar-refractivity contribution in [2.24, 2.45) is 0 Å². The Morgan fingerprint density at radius 1 is 1.19 bits per heavy atom. The molecule has 5 heteroatoms. The molecule has 21 heavy (non-hydrogen) atoms. The van der Waals surface area contributed by atoms with Crippen molar-refractivity contribution in [1.29, 1.82) is 0 Å². The van der Waals surface area contributed by atoms with Gasteiger partial charge in [0.15, 0.2) is 5.69 Å². The predicted octanol–water partition coefficient (Wildman–Crippen LogP) is 2.23. The zero-order chi connectivity index (χ0) is 14.5. The average molecular weight is 282 g/mol. The number of carbonyl (C=O) groups is 1. The first-order valence-corrected chi connectivity index (χ1v) is 7.24. The molecule has 0 spiro atoms. The fourth-order valence-corrected chi connectivity index (χ4v) is 2.43. The molecule has 1 saturated heterocycles. The lowest BCUT2D eigenvalue weighted by Gasteiger charge is -2.12. The molecule has 1 aromatic heterocycles. The van der Waals surface area contributed by atoms with Gasteiger partial charge in [-0.1, -0.05) is 47.7 Å². The van der Waals surface area contributed by atoms with Crippen LogP contribution in [0.25, 0.3) is 6.08 Å². The summed E-state index contributed by atoms with van der Waals surface area (Å²) in [5, 5.41) is 7.98. The molecular formula is C16H18N4O. The Hall–Kier alpha value is -2.43. The molecule has 5 nitrogen and oxygen atoms in total. The van der Waals surface area contributed by atoms with E-state index in [4.69, 9.17) is 0 Å². The van der Waals surface area contributed by atoms with Crippen molar-refractivity contribution < 1.29 is 4.79 Å². The standard InChI is InChI=1S/C16H18N4O/c21-16(19-10-4-5-11-19)15-13-20(18-17-15)12-6-9-14-7-2-1-3-8-14/h1-3,6-9,13H,4-5,10-12H2. The summed E-state index contributed by atoms with van der Waals surface area (Å²) >= 11 is 0. The zero-order valence-electron chi connectivity index (χ0n) is 11.9. The normalized spacial score (nSPS) is 15.0. The lowest BCUT2D eigenvalue weighted by atomic mass is 10.2. The molecule has 0 aliphatic carbocycles. The highest BCUT2D eigenvalue weighted by atomic mass is 16.2. The summed E-state index contributed by atoms with van der Waals surface area (Å²) < 4.78 is 1.68. The number of carbonyl (C=O) groups excluding carboxylic acids is 1. The van der Waals surface area contributed by atoms with E-state index in [-0.39, 0.29) is 5.91 Å². The van der Waals surface area contributed by atoms with Crippen molar-refractivity contribution in [2.45, 2.75) is 19.4 Å². The Kier molecular flexibility index (Phi) is 4.09. The minimum atomic E-state index is -0.00853. The molecule has 0 bridgehead atoms. The van der Waals surface area contributed by atoms with Crippen molar-refractivity contribution in [1.82, 2.24) is 19.9 Å². The number of rotatable bonds is 4. The van der Waals surface area contributed by atoms with E-state index in [0.29, 0.717) is 12.2 Å². The average Bonchev–Trinajstić information content (AvgIpc) is 3.19. The number of benzene rings is 1. The van der Waals surface area contributed by atoms with Crippen molar-refractivity contribution in [2.75, 3.05) is 13.1 Å². The largest absolute Gasteiger partial charge is 0.337 e. The number of aromatic nitrogens is 3. The van der Waals surface area contributed by atoms with Crippen LogP contribution >= 0.6 is 0 Å². The van der Waals surface area contributed by atoms with E-state index in [9.17, 15) is 4.79 Å². The number of amides is 1. The fourth-order valence-electron chi connectivity index (χ4n) is 2.43. The summed E-state index contributed by atoms with van der Waals surface area (Å²) in [5.41, 5.74) is 1.58. The Morgan fingerprint density at radius 2 is 1.95 bits per heavy atom. The SMILES string of the molecule is O=C(c1cn(CC=Cc2ccccc2)nn1)N1CCCC1. The molecule has 0 radical (unpaired) electrons. The molecule has 2 aromatic rings. The Labute approximate surface area is 123 Å². The van der Waals surface area contributed by atoms with Crippen LogP contribution in [0.2, 0.25) is 0 Å². The molecule has 0 unspecified atom stereocenters. The van der Waals surface area contributed by atoms with Crippen molar-refractivity contribution in [3.05, 3.63) is 53.9 Å². The molecule has 1 aromatic carbocycles. The van der Waals surface area contributed by atoms with Crippen LogP contribution < -0.4 is 0 Å². The minimum absolute atomic E-state index is 0.00853. The number of allylic oxidation sites excluding steroid dienone is 1. The molecule has 1 fully saturated rings. The summed E-state index contributed by atoms with van der Waals surface area (Å²) in [7, 11) is 0. The minimum Gasteiger partial charge on any atom is -0.337 e. The molecule has 0 N–H and O–H groups in total. The number of hydrogen-bond donors (Lipinski definition) is 0. The van der Waals surface area contributed by atoms with Gasteiger partial charge in [-0.05, 0) is 18.4 Å². The van der Waals surface area contributed by atoms with Crippen LogP contribution in [-0.4, -0.2) is 38.9 Å². The highest BCUT2D eigenvalue weighted by molar-refractivity contribution is 5.92. The number of likely N-dealkylation sites (tertiary alicyclic amines) is 1. The molecule has 1 aliphatic heterocycles. The lowest BCUT2D eigenvalue weighted by molar-refractivity contribution is 0.0787. The lowest BCUT2D eigenvalue weighted by Crippen LogP contribution is -2.27. The van der Waals surface area contributed by atoms with Crippen LogP contribution in [0.3, 0.4) is 0 Å². The summed E-state index contributed by atoms with van der Waals surface area (Å²) in [6, 6.07) is 10.1. The fraction of sp³-hybridized carbons (Fsp3) is 0.312. The molecular weight excluding hydrogens is 264 g/mol. The van der Waals surface area contributed by atoms with E-state index < -0.39 is 0 Å². The summed E-state index contributed by atoms with van der Waals surface area (Å²) in [5.74, 6) is -0.00853. The van der Waals surface area contributed by atoms with E-state index in [2.05, 4.69) is 10.3 Å². The van der Waals surface area contributed by atoms with E-state index in [1.807, 2.05) is 47.4 Å². The summed E-state index contributed by atoms with van der Waals surface area (Å²) in [6.45, 7) is 2.27. The second-order valence-electron chi connectivity index (χ2n) is 5.14. The number of nitrogens with zero attached hydrogens (tertiary/aromatic N) is 4. The molecule has 1 aliphatic rings. The van der Waals surface area contributed by atoms with Gasteiger partial charge in [0.1, 0.15) is 0 Å². The molecule has 1 amide bonds. The predicted molar refractivity (Wildman–Crippen MR) is 80.6 cm³/mol. The third kappa shape index (κ3) is 3.37. The van der Waals surface area contributed by atoms with E-state index in [1.165, 1.54) is 0 Å². The first-order valence-electron chi connectivity index (χ1n) is 7.24. The van der Waals surface area contributed by atoms with Crippen LogP contribution in [0, 0.1) is 0 Å². The second kappa shape index (κ2) is 6.35. The molecule has 0 saturated carbocycles. The topological polar surface area (TPSA) is 51.0 Å². The van der Waals surface area contributed by atoms with Gasteiger partial charge in [0.2, 0.25) is 0 Å². The van der Waals surface area contributed by atoms with E-state index in [1.54, 1.807) is 10.9 Å². The smallest absolute Gasteiger partial charge is 0.276 e. The van der Waals surface area contributed by atoms with Crippen LogP contribution in [0.15, 0.2) is 42.6 Å². The summed E-state index contributed by atoms with van der Waals surface area (Å²) in [6.07, 6.45) is 7.92.